The molecule has 3 rings (SSSR count). The lowest BCUT2D eigenvalue weighted by Crippen LogP contribution is -2.40. The number of ether oxygens (including phenoxy) is 1. The van der Waals surface area contributed by atoms with Gasteiger partial charge in [0, 0.05) is 12.0 Å². The minimum absolute atomic E-state index is 0.143. The van der Waals surface area contributed by atoms with Crippen LogP contribution in [0.3, 0.4) is 0 Å². The molecule has 0 unspecified atom stereocenters. The van der Waals surface area contributed by atoms with Crippen molar-refractivity contribution >= 4 is 11.9 Å². The summed E-state index contributed by atoms with van der Waals surface area (Å²) in [5.41, 5.74) is 0.263. The van der Waals surface area contributed by atoms with Crippen LogP contribution in [0.4, 0.5) is 0 Å². The fourth-order valence-electron chi connectivity index (χ4n) is 2.86. The molecule has 0 bridgehead atoms. The lowest BCUT2D eigenvalue weighted by molar-refractivity contribution is -0.123. The van der Waals surface area contributed by atoms with E-state index >= 15 is 0 Å². The number of rotatable bonds is 5. The van der Waals surface area contributed by atoms with Gasteiger partial charge in [0.2, 0.25) is 5.91 Å². The smallest absolute Gasteiger partial charge is 0.335 e. The largest absolute Gasteiger partial charge is 0.490 e. The second-order valence-corrected chi connectivity index (χ2v) is 6.20. The summed E-state index contributed by atoms with van der Waals surface area (Å²) in [7, 11) is 0. The molecule has 2 saturated carbocycles. The molecule has 0 spiro atoms. The average Bonchev–Trinajstić information content (AvgIpc) is 3.34. The van der Waals surface area contributed by atoms with Crippen LogP contribution in [0.1, 0.15) is 48.9 Å². The number of carboxylic acid groups (broad SMARTS) is 1. The van der Waals surface area contributed by atoms with Crippen molar-refractivity contribution < 1.29 is 19.4 Å². The minimum Gasteiger partial charge on any atom is -0.490 e. The normalized spacial score (nSPS) is 24.5. The van der Waals surface area contributed by atoms with Crippen LogP contribution in [-0.2, 0) is 4.79 Å². The summed E-state index contributed by atoms with van der Waals surface area (Å²) in [5, 5.41) is 12.0. The zero-order valence-electron chi connectivity index (χ0n) is 12.5. The number of carboxylic acids is 1. The molecule has 1 amide bonds. The van der Waals surface area contributed by atoms with Crippen LogP contribution in [-0.4, -0.2) is 29.1 Å². The molecule has 0 aromatic heterocycles. The lowest BCUT2D eigenvalue weighted by atomic mass is 9.92. The molecule has 22 heavy (non-hydrogen) atoms. The fourth-order valence-corrected chi connectivity index (χ4v) is 2.86. The molecule has 0 radical (unpaired) electrons. The molecule has 1 aromatic carbocycles. The van der Waals surface area contributed by atoms with Crippen molar-refractivity contribution in [1.82, 2.24) is 5.32 Å². The zero-order chi connectivity index (χ0) is 15.5. The van der Waals surface area contributed by atoms with Crippen LogP contribution in [0, 0.1) is 5.92 Å². The summed E-state index contributed by atoms with van der Waals surface area (Å²) in [4.78, 5) is 22.5. The van der Waals surface area contributed by atoms with Gasteiger partial charge in [0.05, 0.1) is 11.7 Å². The summed E-state index contributed by atoms with van der Waals surface area (Å²) in [6.07, 6.45) is 5.93. The topological polar surface area (TPSA) is 75.6 Å². The van der Waals surface area contributed by atoms with Gasteiger partial charge >= 0.3 is 5.97 Å². The van der Waals surface area contributed by atoms with E-state index < -0.39 is 5.97 Å². The lowest BCUT2D eigenvalue weighted by Gasteiger charge is -2.29. The predicted molar refractivity (Wildman–Crippen MR) is 80.9 cm³/mol. The first kappa shape index (κ1) is 14.9. The van der Waals surface area contributed by atoms with Crippen LogP contribution in [0.25, 0.3) is 0 Å². The highest BCUT2D eigenvalue weighted by molar-refractivity contribution is 5.87. The van der Waals surface area contributed by atoms with E-state index in [9.17, 15) is 9.59 Å². The highest BCUT2D eigenvalue weighted by Gasteiger charge is 2.32. The molecule has 0 heterocycles. The van der Waals surface area contributed by atoms with Gasteiger partial charge in [0.1, 0.15) is 5.75 Å². The van der Waals surface area contributed by atoms with Gasteiger partial charge in [-0.3, -0.25) is 4.79 Å². The first-order chi connectivity index (χ1) is 10.6. The Kier molecular flexibility index (Phi) is 4.32. The number of hydrogen-bond donors (Lipinski definition) is 2. The van der Waals surface area contributed by atoms with Crippen molar-refractivity contribution in [1.29, 1.82) is 0 Å². The highest BCUT2D eigenvalue weighted by atomic mass is 16.5. The molecule has 5 nitrogen and oxygen atoms in total. The van der Waals surface area contributed by atoms with Crippen molar-refractivity contribution in [2.24, 2.45) is 5.92 Å². The van der Waals surface area contributed by atoms with Gasteiger partial charge in [0.15, 0.2) is 0 Å². The van der Waals surface area contributed by atoms with Gasteiger partial charge < -0.3 is 15.2 Å². The van der Waals surface area contributed by atoms with E-state index in [1.54, 1.807) is 24.3 Å². The molecule has 5 heteroatoms. The number of nitrogens with one attached hydrogen (secondary N) is 1. The standard InChI is InChI=1S/C17H21NO4/c19-16(11-1-2-11)18-13-5-9-15(10-6-13)22-14-7-3-12(4-8-14)17(20)21/h3-4,7-8,11,13,15H,1-2,5-6,9-10H2,(H,18,19)(H,20,21). The highest BCUT2D eigenvalue weighted by Crippen LogP contribution is 2.30. The summed E-state index contributed by atoms with van der Waals surface area (Å²) in [6, 6.07) is 6.79. The van der Waals surface area contributed by atoms with Crippen molar-refractivity contribution in [3.63, 3.8) is 0 Å². The van der Waals surface area contributed by atoms with E-state index in [4.69, 9.17) is 9.84 Å². The van der Waals surface area contributed by atoms with Gasteiger partial charge in [-0.25, -0.2) is 4.79 Å². The summed E-state index contributed by atoms with van der Waals surface area (Å²) in [5.74, 6) is 0.254. The molecule has 0 saturated heterocycles. The second kappa shape index (κ2) is 6.38. The van der Waals surface area contributed by atoms with E-state index in [0.717, 1.165) is 38.5 Å². The Balaban J connectivity index is 1.45. The van der Waals surface area contributed by atoms with Crippen LogP contribution in [0.15, 0.2) is 24.3 Å². The monoisotopic (exact) mass is 303 g/mol. The molecule has 2 aliphatic carbocycles. The van der Waals surface area contributed by atoms with Gasteiger partial charge in [0.25, 0.3) is 0 Å². The third-order valence-electron chi connectivity index (χ3n) is 4.37. The molecule has 118 valence electrons. The third kappa shape index (κ3) is 3.78. The van der Waals surface area contributed by atoms with Crippen molar-refractivity contribution in [2.45, 2.75) is 50.7 Å². The van der Waals surface area contributed by atoms with Gasteiger partial charge in [-0.15, -0.1) is 0 Å². The van der Waals surface area contributed by atoms with E-state index in [1.165, 1.54) is 0 Å². The predicted octanol–water partition coefficient (Wildman–Crippen LogP) is 2.60. The molecule has 0 aliphatic heterocycles. The first-order valence-corrected chi connectivity index (χ1v) is 7.92. The first-order valence-electron chi connectivity index (χ1n) is 7.92. The maximum Gasteiger partial charge on any atom is 0.335 e. The Morgan fingerprint density at radius 1 is 1.00 bits per heavy atom. The number of hydrogen-bond acceptors (Lipinski definition) is 3. The Hall–Kier alpha value is -2.04. The van der Waals surface area contributed by atoms with Gasteiger partial charge in [-0.05, 0) is 62.8 Å². The minimum atomic E-state index is -0.932. The van der Waals surface area contributed by atoms with Crippen molar-refractivity contribution in [3.05, 3.63) is 29.8 Å². The maximum absolute atomic E-state index is 11.7. The quantitative estimate of drug-likeness (QED) is 0.876. The molecule has 1 aromatic rings. The Labute approximate surface area is 129 Å². The number of carbonyl (C=O) groups excluding carboxylic acids is 1. The Morgan fingerprint density at radius 2 is 1.64 bits per heavy atom. The third-order valence-corrected chi connectivity index (χ3v) is 4.37. The van der Waals surface area contributed by atoms with Crippen LogP contribution >= 0.6 is 0 Å². The number of amides is 1. The van der Waals surface area contributed by atoms with Crippen molar-refractivity contribution in [2.75, 3.05) is 0 Å². The Morgan fingerprint density at radius 3 is 2.18 bits per heavy atom. The van der Waals surface area contributed by atoms with Crippen LogP contribution < -0.4 is 10.1 Å². The average molecular weight is 303 g/mol. The number of aromatic carboxylic acids is 1. The summed E-state index contributed by atoms with van der Waals surface area (Å²) < 4.78 is 5.90. The number of carbonyl (C=O) groups is 2. The summed E-state index contributed by atoms with van der Waals surface area (Å²) in [6.45, 7) is 0. The zero-order valence-corrected chi connectivity index (χ0v) is 12.5. The van der Waals surface area contributed by atoms with Crippen LogP contribution in [0.5, 0.6) is 5.75 Å². The van der Waals surface area contributed by atoms with Crippen molar-refractivity contribution in [3.8, 4) is 5.75 Å². The molecular weight excluding hydrogens is 282 g/mol. The van der Waals surface area contributed by atoms with Gasteiger partial charge in [-0.2, -0.15) is 0 Å². The van der Waals surface area contributed by atoms with E-state index in [-0.39, 0.29) is 29.5 Å². The Bertz CT molecular complexity index is 542. The molecule has 2 aliphatic rings. The van der Waals surface area contributed by atoms with Crippen LogP contribution in [0.2, 0.25) is 0 Å². The van der Waals surface area contributed by atoms with E-state index in [2.05, 4.69) is 5.32 Å². The summed E-state index contributed by atoms with van der Waals surface area (Å²) >= 11 is 0. The maximum atomic E-state index is 11.7. The fraction of sp³-hybridized carbons (Fsp3) is 0.529. The molecule has 2 N–H and O–H groups in total. The second-order valence-electron chi connectivity index (χ2n) is 6.20. The molecule has 0 atom stereocenters. The SMILES string of the molecule is O=C(O)c1ccc(OC2CCC(NC(=O)C3CC3)CC2)cc1. The van der Waals surface area contributed by atoms with E-state index in [1.807, 2.05) is 0 Å². The number of benzene rings is 1. The van der Waals surface area contributed by atoms with E-state index in [0.29, 0.717) is 5.75 Å². The van der Waals surface area contributed by atoms with Gasteiger partial charge in [-0.1, -0.05) is 0 Å². The molecule has 2 fully saturated rings. The molecular formula is C17H21NO4.